The lowest BCUT2D eigenvalue weighted by Crippen LogP contribution is -2.44. The van der Waals surface area contributed by atoms with Gasteiger partial charge in [0.25, 0.3) is 5.91 Å². The fourth-order valence-electron chi connectivity index (χ4n) is 2.49. The van der Waals surface area contributed by atoms with Crippen LogP contribution in [0.4, 0.5) is 0 Å². The molecular weight excluding hydrogens is 258 g/mol. The summed E-state index contributed by atoms with van der Waals surface area (Å²) < 4.78 is 15.7. The number of rotatable bonds is 6. The van der Waals surface area contributed by atoms with E-state index in [4.69, 9.17) is 13.9 Å². The van der Waals surface area contributed by atoms with Crippen LogP contribution in [0.3, 0.4) is 0 Å². The molecule has 1 fully saturated rings. The molecule has 5 nitrogen and oxygen atoms in total. The number of amides is 1. The topological polar surface area (TPSA) is 51.9 Å². The van der Waals surface area contributed by atoms with Crippen molar-refractivity contribution in [1.29, 1.82) is 0 Å². The third-order valence-corrected chi connectivity index (χ3v) is 3.86. The Hall–Kier alpha value is -1.33. The average molecular weight is 281 g/mol. The lowest BCUT2D eigenvalue weighted by atomic mass is 9.82. The molecule has 0 bridgehead atoms. The van der Waals surface area contributed by atoms with E-state index in [0.717, 1.165) is 26.1 Å². The van der Waals surface area contributed by atoms with Crippen LogP contribution < -0.4 is 0 Å². The van der Waals surface area contributed by atoms with Gasteiger partial charge >= 0.3 is 0 Å². The lowest BCUT2D eigenvalue weighted by Gasteiger charge is -2.38. The third kappa shape index (κ3) is 3.84. The number of hydrogen-bond acceptors (Lipinski definition) is 4. The second kappa shape index (κ2) is 6.90. The van der Waals surface area contributed by atoms with Crippen LogP contribution in [0, 0.1) is 5.41 Å². The van der Waals surface area contributed by atoms with E-state index in [1.165, 1.54) is 6.26 Å². The standard InChI is InChI=1S/C15H23NO4/c1-15(5-9-19-10-6-15)12-16(7-11-18-2)14(17)13-4-3-8-20-13/h3-4,8H,5-7,9-12H2,1-2H3. The smallest absolute Gasteiger partial charge is 0.289 e. The fraction of sp³-hybridized carbons (Fsp3) is 0.667. The van der Waals surface area contributed by atoms with E-state index in [1.54, 1.807) is 19.2 Å². The van der Waals surface area contributed by atoms with Crippen molar-refractivity contribution in [3.8, 4) is 0 Å². The van der Waals surface area contributed by atoms with Crippen LogP contribution in [0.25, 0.3) is 0 Å². The first-order chi connectivity index (χ1) is 9.64. The summed E-state index contributed by atoms with van der Waals surface area (Å²) in [5.74, 6) is 0.316. The van der Waals surface area contributed by atoms with Crippen LogP contribution >= 0.6 is 0 Å². The van der Waals surface area contributed by atoms with E-state index in [2.05, 4.69) is 6.92 Å². The molecule has 2 rings (SSSR count). The molecule has 0 aliphatic carbocycles. The first-order valence-electron chi connectivity index (χ1n) is 7.04. The summed E-state index contributed by atoms with van der Waals surface area (Å²) in [5, 5.41) is 0. The maximum Gasteiger partial charge on any atom is 0.289 e. The molecule has 0 radical (unpaired) electrons. The van der Waals surface area contributed by atoms with Crippen molar-refractivity contribution in [1.82, 2.24) is 4.90 Å². The minimum Gasteiger partial charge on any atom is -0.459 e. The summed E-state index contributed by atoms with van der Waals surface area (Å²) in [5.41, 5.74) is 0.105. The van der Waals surface area contributed by atoms with Crippen molar-refractivity contribution in [3.63, 3.8) is 0 Å². The van der Waals surface area contributed by atoms with E-state index in [9.17, 15) is 4.79 Å². The summed E-state index contributed by atoms with van der Waals surface area (Å²) in [6.07, 6.45) is 3.47. The van der Waals surface area contributed by atoms with Gasteiger partial charge in [-0.05, 0) is 30.4 Å². The minimum atomic E-state index is -0.0697. The summed E-state index contributed by atoms with van der Waals surface area (Å²) in [6, 6.07) is 3.44. The van der Waals surface area contributed by atoms with Gasteiger partial charge in [-0.1, -0.05) is 6.92 Å². The van der Waals surface area contributed by atoms with Crippen molar-refractivity contribution in [3.05, 3.63) is 24.2 Å². The van der Waals surface area contributed by atoms with E-state index < -0.39 is 0 Å². The van der Waals surface area contributed by atoms with Crippen LogP contribution in [-0.2, 0) is 9.47 Å². The molecule has 0 unspecified atom stereocenters. The summed E-state index contributed by atoms with van der Waals surface area (Å²) in [4.78, 5) is 14.3. The van der Waals surface area contributed by atoms with Crippen LogP contribution in [0.5, 0.6) is 0 Å². The number of methoxy groups -OCH3 is 1. The molecule has 0 spiro atoms. The minimum absolute atomic E-state index is 0.0697. The van der Waals surface area contributed by atoms with Crippen LogP contribution in [-0.4, -0.2) is 50.8 Å². The largest absolute Gasteiger partial charge is 0.459 e. The molecule has 1 aromatic heterocycles. The van der Waals surface area contributed by atoms with Crippen molar-refractivity contribution in [2.24, 2.45) is 5.41 Å². The molecule has 0 N–H and O–H groups in total. The Morgan fingerprint density at radius 1 is 1.45 bits per heavy atom. The van der Waals surface area contributed by atoms with Crippen molar-refractivity contribution < 1.29 is 18.7 Å². The van der Waals surface area contributed by atoms with Crippen LogP contribution in [0.1, 0.15) is 30.3 Å². The van der Waals surface area contributed by atoms with E-state index in [1.807, 2.05) is 4.90 Å². The first kappa shape index (κ1) is 15.1. The quantitative estimate of drug-likeness (QED) is 0.802. The highest BCUT2D eigenvalue weighted by Gasteiger charge is 2.32. The van der Waals surface area contributed by atoms with Crippen molar-refractivity contribution >= 4 is 5.91 Å². The second-order valence-electron chi connectivity index (χ2n) is 5.62. The highest BCUT2D eigenvalue weighted by atomic mass is 16.5. The van der Waals surface area contributed by atoms with E-state index in [0.29, 0.717) is 25.5 Å². The molecule has 112 valence electrons. The molecule has 1 aliphatic rings. The molecule has 0 aromatic carbocycles. The van der Waals surface area contributed by atoms with Crippen molar-refractivity contribution in [2.75, 3.05) is 40.0 Å². The zero-order chi connectivity index (χ0) is 14.4. The van der Waals surface area contributed by atoms with Crippen molar-refractivity contribution in [2.45, 2.75) is 19.8 Å². The zero-order valence-corrected chi connectivity index (χ0v) is 12.3. The molecule has 5 heteroatoms. The van der Waals surface area contributed by atoms with Gasteiger partial charge in [0, 0.05) is 33.4 Å². The molecule has 0 atom stereocenters. The summed E-state index contributed by atoms with van der Waals surface area (Å²) in [7, 11) is 1.64. The van der Waals surface area contributed by atoms with Gasteiger partial charge in [0.05, 0.1) is 12.9 Å². The number of carbonyl (C=O) groups excluding carboxylic acids is 1. The number of ether oxygens (including phenoxy) is 2. The molecule has 1 amide bonds. The highest BCUT2D eigenvalue weighted by molar-refractivity contribution is 5.91. The van der Waals surface area contributed by atoms with Gasteiger partial charge in [-0.3, -0.25) is 4.79 Å². The van der Waals surface area contributed by atoms with E-state index in [-0.39, 0.29) is 11.3 Å². The molecule has 2 heterocycles. The number of furan rings is 1. The Balaban J connectivity index is 2.04. The predicted molar refractivity (Wildman–Crippen MR) is 74.6 cm³/mol. The Morgan fingerprint density at radius 2 is 2.20 bits per heavy atom. The molecule has 1 saturated heterocycles. The average Bonchev–Trinajstić information content (AvgIpc) is 2.97. The normalized spacial score (nSPS) is 17.9. The first-order valence-corrected chi connectivity index (χ1v) is 7.04. The zero-order valence-electron chi connectivity index (χ0n) is 12.3. The molecular formula is C15H23NO4. The third-order valence-electron chi connectivity index (χ3n) is 3.86. The predicted octanol–water partition coefficient (Wildman–Crippen LogP) is 2.18. The summed E-state index contributed by atoms with van der Waals surface area (Å²) >= 11 is 0. The van der Waals surface area contributed by atoms with Gasteiger partial charge in [-0.2, -0.15) is 0 Å². The summed E-state index contributed by atoms with van der Waals surface area (Å²) in [6.45, 7) is 5.56. The molecule has 1 aromatic rings. The Kier molecular flexibility index (Phi) is 5.20. The molecule has 20 heavy (non-hydrogen) atoms. The number of carbonyl (C=O) groups is 1. The van der Waals surface area contributed by atoms with Gasteiger partial charge < -0.3 is 18.8 Å². The SMILES string of the molecule is COCCN(CC1(C)CCOCC1)C(=O)c1ccco1. The number of nitrogens with zero attached hydrogens (tertiary/aromatic N) is 1. The lowest BCUT2D eigenvalue weighted by molar-refractivity contribution is 0.00205. The van der Waals surface area contributed by atoms with Crippen LogP contribution in [0.2, 0.25) is 0 Å². The Labute approximate surface area is 119 Å². The molecule has 0 saturated carbocycles. The maximum atomic E-state index is 12.5. The maximum absolute atomic E-state index is 12.5. The van der Waals surface area contributed by atoms with E-state index >= 15 is 0 Å². The van der Waals surface area contributed by atoms with Gasteiger partial charge in [0.2, 0.25) is 0 Å². The second-order valence-corrected chi connectivity index (χ2v) is 5.62. The molecule has 1 aliphatic heterocycles. The van der Waals surface area contributed by atoms with Gasteiger partial charge in [-0.15, -0.1) is 0 Å². The Morgan fingerprint density at radius 3 is 2.80 bits per heavy atom. The monoisotopic (exact) mass is 281 g/mol. The van der Waals surface area contributed by atoms with Gasteiger partial charge in [-0.25, -0.2) is 0 Å². The fourth-order valence-corrected chi connectivity index (χ4v) is 2.49. The van der Waals surface area contributed by atoms with Gasteiger partial charge in [0.1, 0.15) is 0 Å². The van der Waals surface area contributed by atoms with Crippen LogP contribution in [0.15, 0.2) is 22.8 Å². The number of hydrogen-bond donors (Lipinski definition) is 0. The Bertz CT molecular complexity index is 410. The van der Waals surface area contributed by atoms with Gasteiger partial charge in [0.15, 0.2) is 5.76 Å². The highest BCUT2D eigenvalue weighted by Crippen LogP contribution is 2.31.